The van der Waals surface area contributed by atoms with Gasteiger partial charge in [0.05, 0.1) is 10.5 Å². The summed E-state index contributed by atoms with van der Waals surface area (Å²) in [5.74, 6) is 0.814. The lowest BCUT2D eigenvalue weighted by Crippen LogP contribution is -2.41. The SMILES string of the molecule is CCCCN=C(NCC)NCCS(=O)(=O)C(C)(C)C.I. The van der Waals surface area contributed by atoms with Crippen LogP contribution in [0.15, 0.2) is 4.99 Å². The molecular weight excluding hydrogens is 389 g/mol. The summed E-state index contributed by atoms with van der Waals surface area (Å²) in [7, 11) is -3.08. The Bertz CT molecular complexity index is 376. The Morgan fingerprint density at radius 2 is 1.75 bits per heavy atom. The van der Waals surface area contributed by atoms with Crippen molar-refractivity contribution in [1.82, 2.24) is 10.6 Å². The van der Waals surface area contributed by atoms with Crippen LogP contribution in [-0.4, -0.2) is 44.5 Å². The lowest BCUT2D eigenvalue weighted by molar-refractivity contribution is 0.559. The highest BCUT2D eigenvalue weighted by Gasteiger charge is 2.28. The molecule has 122 valence electrons. The summed E-state index contributed by atoms with van der Waals surface area (Å²) >= 11 is 0. The van der Waals surface area contributed by atoms with Gasteiger partial charge >= 0.3 is 0 Å². The molecule has 0 atom stereocenters. The maximum absolute atomic E-state index is 12.0. The average molecular weight is 419 g/mol. The minimum absolute atomic E-state index is 0. The molecule has 0 heterocycles. The summed E-state index contributed by atoms with van der Waals surface area (Å²) < 4.78 is 23.2. The number of unbranched alkanes of at least 4 members (excludes halogenated alkanes) is 1. The van der Waals surface area contributed by atoms with Crippen LogP contribution in [0.25, 0.3) is 0 Å². The first-order valence-electron chi connectivity index (χ1n) is 6.99. The van der Waals surface area contributed by atoms with Gasteiger partial charge in [-0.15, -0.1) is 24.0 Å². The fraction of sp³-hybridized carbons (Fsp3) is 0.923. The number of halogens is 1. The molecule has 0 radical (unpaired) electrons. The zero-order valence-electron chi connectivity index (χ0n) is 13.3. The van der Waals surface area contributed by atoms with Gasteiger partial charge in [-0.05, 0) is 34.1 Å². The van der Waals surface area contributed by atoms with Gasteiger partial charge in [-0.25, -0.2) is 8.42 Å². The molecule has 0 aliphatic carbocycles. The third kappa shape index (κ3) is 8.99. The van der Waals surface area contributed by atoms with Gasteiger partial charge in [0.2, 0.25) is 0 Å². The summed E-state index contributed by atoms with van der Waals surface area (Å²) in [6.45, 7) is 11.2. The van der Waals surface area contributed by atoms with Gasteiger partial charge in [0.15, 0.2) is 15.8 Å². The summed E-state index contributed by atoms with van der Waals surface area (Å²) in [5, 5.41) is 6.18. The predicted octanol–water partition coefficient (Wildman–Crippen LogP) is 2.17. The van der Waals surface area contributed by atoms with Gasteiger partial charge in [0.25, 0.3) is 0 Å². The molecule has 0 saturated carbocycles. The summed E-state index contributed by atoms with van der Waals surface area (Å²) in [4.78, 5) is 4.38. The monoisotopic (exact) mass is 419 g/mol. The Balaban J connectivity index is 0. The highest BCUT2D eigenvalue weighted by molar-refractivity contribution is 14.0. The molecule has 0 bridgehead atoms. The number of aliphatic imine (C=N–C) groups is 1. The van der Waals surface area contributed by atoms with Gasteiger partial charge in [0.1, 0.15) is 0 Å². The lowest BCUT2D eigenvalue weighted by Gasteiger charge is -2.19. The molecule has 7 heteroatoms. The Morgan fingerprint density at radius 1 is 1.15 bits per heavy atom. The van der Waals surface area contributed by atoms with Crippen molar-refractivity contribution in [2.45, 2.75) is 52.2 Å². The van der Waals surface area contributed by atoms with E-state index in [1.165, 1.54) is 0 Å². The van der Waals surface area contributed by atoms with E-state index in [4.69, 9.17) is 0 Å². The third-order valence-electron chi connectivity index (χ3n) is 2.72. The Hall–Kier alpha value is -0.0500. The molecule has 0 amide bonds. The highest BCUT2D eigenvalue weighted by Crippen LogP contribution is 2.15. The first kappa shape index (κ1) is 22.2. The number of nitrogens with zero attached hydrogens (tertiary/aromatic N) is 1. The van der Waals surface area contributed by atoms with Crippen LogP contribution in [0.2, 0.25) is 0 Å². The van der Waals surface area contributed by atoms with Crippen LogP contribution in [0.3, 0.4) is 0 Å². The quantitative estimate of drug-likeness (QED) is 0.287. The zero-order valence-corrected chi connectivity index (χ0v) is 16.5. The molecule has 0 spiro atoms. The highest BCUT2D eigenvalue weighted by atomic mass is 127. The molecule has 0 aliphatic rings. The maximum atomic E-state index is 12.0. The van der Waals surface area contributed by atoms with Crippen molar-refractivity contribution in [3.63, 3.8) is 0 Å². The van der Waals surface area contributed by atoms with Crippen LogP contribution in [-0.2, 0) is 9.84 Å². The Labute approximate surface area is 141 Å². The van der Waals surface area contributed by atoms with Gasteiger partial charge in [-0.2, -0.15) is 0 Å². The van der Waals surface area contributed by atoms with Crippen molar-refractivity contribution in [1.29, 1.82) is 0 Å². The van der Waals surface area contributed by atoms with Crippen LogP contribution < -0.4 is 10.6 Å². The fourth-order valence-electron chi connectivity index (χ4n) is 1.30. The van der Waals surface area contributed by atoms with Crippen LogP contribution in [0.5, 0.6) is 0 Å². The van der Waals surface area contributed by atoms with Crippen molar-refractivity contribution < 1.29 is 8.42 Å². The molecule has 0 unspecified atom stereocenters. The second-order valence-electron chi connectivity index (χ2n) is 5.47. The molecule has 2 N–H and O–H groups in total. The van der Waals surface area contributed by atoms with Crippen molar-refractivity contribution >= 4 is 39.8 Å². The number of rotatable bonds is 7. The third-order valence-corrected chi connectivity index (χ3v) is 5.33. The van der Waals surface area contributed by atoms with E-state index >= 15 is 0 Å². The van der Waals surface area contributed by atoms with Crippen molar-refractivity contribution in [3.8, 4) is 0 Å². The lowest BCUT2D eigenvalue weighted by atomic mass is 10.3. The van der Waals surface area contributed by atoms with Gasteiger partial charge < -0.3 is 10.6 Å². The molecule has 20 heavy (non-hydrogen) atoms. The van der Waals surface area contributed by atoms with Crippen LogP contribution in [0.4, 0.5) is 0 Å². The van der Waals surface area contributed by atoms with E-state index in [1.54, 1.807) is 20.8 Å². The molecule has 0 saturated heterocycles. The number of sulfone groups is 1. The van der Waals surface area contributed by atoms with Gasteiger partial charge in [0, 0.05) is 19.6 Å². The average Bonchev–Trinajstić information content (AvgIpc) is 2.27. The number of nitrogens with one attached hydrogen (secondary N) is 2. The Morgan fingerprint density at radius 3 is 2.20 bits per heavy atom. The largest absolute Gasteiger partial charge is 0.357 e. The van der Waals surface area contributed by atoms with E-state index in [1.807, 2.05) is 6.92 Å². The molecule has 0 fully saturated rings. The number of hydrogen-bond donors (Lipinski definition) is 2. The first-order valence-corrected chi connectivity index (χ1v) is 8.64. The summed E-state index contributed by atoms with van der Waals surface area (Å²) in [5.41, 5.74) is 0. The van der Waals surface area contributed by atoms with Crippen molar-refractivity contribution in [2.75, 3.05) is 25.4 Å². The smallest absolute Gasteiger partial charge is 0.191 e. The minimum atomic E-state index is -3.08. The second kappa shape index (κ2) is 10.6. The van der Waals surface area contributed by atoms with E-state index < -0.39 is 14.6 Å². The zero-order chi connectivity index (χ0) is 14.9. The fourth-order valence-corrected chi connectivity index (χ4v) is 2.28. The van der Waals surface area contributed by atoms with E-state index in [2.05, 4.69) is 22.5 Å². The van der Waals surface area contributed by atoms with Crippen LogP contribution in [0, 0.1) is 0 Å². The molecule has 0 aromatic heterocycles. The van der Waals surface area contributed by atoms with Crippen LogP contribution in [0.1, 0.15) is 47.5 Å². The van der Waals surface area contributed by atoms with Gasteiger partial charge in [-0.1, -0.05) is 13.3 Å². The molecule has 5 nitrogen and oxygen atoms in total. The minimum Gasteiger partial charge on any atom is -0.357 e. The summed E-state index contributed by atoms with van der Waals surface area (Å²) in [6.07, 6.45) is 2.14. The first-order chi connectivity index (χ1) is 8.74. The van der Waals surface area contributed by atoms with Crippen molar-refractivity contribution in [3.05, 3.63) is 0 Å². The van der Waals surface area contributed by atoms with E-state index in [9.17, 15) is 8.42 Å². The second-order valence-corrected chi connectivity index (χ2v) is 8.33. The van der Waals surface area contributed by atoms with E-state index in [-0.39, 0.29) is 29.7 Å². The summed E-state index contributed by atoms with van der Waals surface area (Å²) in [6, 6.07) is 0. The topological polar surface area (TPSA) is 70.6 Å². The molecule has 0 rings (SSSR count). The van der Waals surface area contributed by atoms with Crippen LogP contribution >= 0.6 is 24.0 Å². The number of hydrogen-bond acceptors (Lipinski definition) is 3. The predicted molar refractivity (Wildman–Crippen MR) is 97.8 cm³/mol. The maximum Gasteiger partial charge on any atom is 0.191 e. The molecule has 0 aromatic rings. The molecule has 0 aliphatic heterocycles. The molecule has 0 aromatic carbocycles. The van der Waals surface area contributed by atoms with Gasteiger partial charge in [-0.3, -0.25) is 4.99 Å². The molecular formula is C13H30IN3O2S. The van der Waals surface area contributed by atoms with Crippen molar-refractivity contribution in [2.24, 2.45) is 4.99 Å². The number of guanidine groups is 1. The van der Waals surface area contributed by atoms with E-state index in [0.717, 1.165) is 25.9 Å². The van der Waals surface area contributed by atoms with E-state index in [0.29, 0.717) is 12.5 Å². The standard InChI is InChI=1S/C13H29N3O2S.HI/c1-6-8-9-15-12(14-7-2)16-10-11-19(17,18)13(3,4)5;/h6-11H2,1-5H3,(H2,14,15,16);1H. The normalized spacial score (nSPS) is 12.8. The Kier molecular flexibility index (Phi) is 11.8.